The minimum Gasteiger partial charge on any atom is -1.00 e. The lowest BCUT2D eigenvalue weighted by molar-refractivity contribution is -0.479. The van der Waals surface area contributed by atoms with Crippen LogP contribution in [0.4, 0.5) is 0 Å². The molecule has 0 saturated carbocycles. The standard InChI is InChI=1S/C19H12ClN2.HI/c20-15-7-9-17-14(11-15)6-10-19-21(17)12-16-8-5-13-3-1-2-4-18(13)22(16)19;/h1-12H;1H/q+1;/p-1. The molecule has 23 heavy (non-hydrogen) atoms. The first kappa shape index (κ1) is 14.7. The monoisotopic (exact) mass is 430 g/mol. The number of hydrogen-bond acceptors (Lipinski definition) is 0. The molecule has 0 amide bonds. The highest BCUT2D eigenvalue weighted by molar-refractivity contribution is 6.31. The van der Waals surface area contributed by atoms with E-state index in [-0.39, 0.29) is 24.0 Å². The van der Waals surface area contributed by atoms with E-state index in [4.69, 9.17) is 11.6 Å². The summed E-state index contributed by atoms with van der Waals surface area (Å²) < 4.78 is 4.52. The molecule has 0 aliphatic heterocycles. The third kappa shape index (κ3) is 2.11. The predicted molar refractivity (Wildman–Crippen MR) is 90.6 cm³/mol. The predicted octanol–water partition coefficient (Wildman–Crippen LogP) is 1.64. The Morgan fingerprint density at radius 3 is 2.57 bits per heavy atom. The van der Waals surface area contributed by atoms with Crippen molar-refractivity contribution in [1.82, 2.24) is 4.40 Å². The number of aromatic nitrogens is 2. The third-order valence-corrected chi connectivity index (χ3v) is 4.50. The summed E-state index contributed by atoms with van der Waals surface area (Å²) >= 11 is 6.11. The van der Waals surface area contributed by atoms with Gasteiger partial charge in [-0.2, -0.15) is 8.80 Å². The molecule has 0 aliphatic rings. The summed E-state index contributed by atoms with van der Waals surface area (Å²) in [5, 5.41) is 3.15. The van der Waals surface area contributed by atoms with E-state index in [1.165, 1.54) is 16.4 Å². The molecule has 0 atom stereocenters. The van der Waals surface area contributed by atoms with E-state index >= 15 is 0 Å². The second-order valence-electron chi connectivity index (χ2n) is 5.55. The van der Waals surface area contributed by atoms with Gasteiger partial charge in [-0.3, -0.25) is 0 Å². The van der Waals surface area contributed by atoms with E-state index in [0.717, 1.165) is 21.6 Å². The highest BCUT2D eigenvalue weighted by Crippen LogP contribution is 2.22. The Bertz CT molecular complexity index is 1190. The van der Waals surface area contributed by atoms with Gasteiger partial charge in [0.2, 0.25) is 0 Å². The van der Waals surface area contributed by atoms with Crippen LogP contribution in [0.2, 0.25) is 5.02 Å². The molecule has 0 aliphatic carbocycles. The lowest BCUT2D eigenvalue weighted by Gasteiger charge is -1.99. The molecule has 4 heteroatoms. The van der Waals surface area contributed by atoms with Crippen LogP contribution in [-0.4, -0.2) is 4.40 Å². The minimum absolute atomic E-state index is 0. The van der Waals surface area contributed by atoms with Gasteiger partial charge in [-0.1, -0.05) is 29.8 Å². The van der Waals surface area contributed by atoms with Crippen molar-refractivity contribution in [3.05, 3.63) is 77.9 Å². The fourth-order valence-electron chi connectivity index (χ4n) is 3.27. The van der Waals surface area contributed by atoms with Crippen LogP contribution in [0, 0.1) is 0 Å². The molecule has 0 saturated heterocycles. The van der Waals surface area contributed by atoms with Gasteiger partial charge in [-0.25, -0.2) is 0 Å². The van der Waals surface area contributed by atoms with Gasteiger partial charge in [0.1, 0.15) is 17.2 Å². The van der Waals surface area contributed by atoms with Crippen molar-refractivity contribution in [1.29, 1.82) is 0 Å². The highest BCUT2D eigenvalue weighted by atomic mass is 127. The maximum Gasteiger partial charge on any atom is 0.292 e. The van der Waals surface area contributed by atoms with Crippen molar-refractivity contribution < 1.29 is 28.4 Å². The van der Waals surface area contributed by atoms with Crippen LogP contribution < -0.4 is 28.4 Å². The molecule has 0 fully saturated rings. The number of para-hydroxylation sites is 1. The fraction of sp³-hybridized carbons (Fsp3) is 0. The molecule has 3 aromatic heterocycles. The molecular formula is C19H12ClIN2. The van der Waals surface area contributed by atoms with Gasteiger partial charge in [0, 0.05) is 21.9 Å². The van der Waals surface area contributed by atoms with Crippen LogP contribution in [0.3, 0.4) is 0 Å². The quantitative estimate of drug-likeness (QED) is 0.261. The number of rotatable bonds is 0. The first-order valence-corrected chi connectivity index (χ1v) is 7.62. The SMILES string of the molecule is Clc1ccc2c(ccc3n4c(ccc5ccccc54)c[n+]23)c1.[I-]. The van der Waals surface area contributed by atoms with Gasteiger partial charge in [0.25, 0.3) is 5.65 Å². The van der Waals surface area contributed by atoms with Crippen LogP contribution in [0.25, 0.3) is 33.0 Å². The van der Waals surface area contributed by atoms with Crippen LogP contribution >= 0.6 is 11.6 Å². The smallest absolute Gasteiger partial charge is 0.292 e. The van der Waals surface area contributed by atoms with Crippen LogP contribution in [-0.2, 0) is 0 Å². The molecule has 0 radical (unpaired) electrons. The second kappa shape index (κ2) is 5.35. The zero-order valence-corrected chi connectivity index (χ0v) is 15.0. The van der Waals surface area contributed by atoms with E-state index in [9.17, 15) is 0 Å². The molecule has 2 nitrogen and oxygen atoms in total. The Labute approximate surface area is 154 Å². The molecule has 0 N–H and O–H groups in total. The van der Waals surface area contributed by atoms with Gasteiger partial charge >= 0.3 is 0 Å². The van der Waals surface area contributed by atoms with Gasteiger partial charge in [0.05, 0.1) is 0 Å². The fourth-order valence-corrected chi connectivity index (χ4v) is 3.45. The summed E-state index contributed by atoms with van der Waals surface area (Å²) in [4.78, 5) is 0. The van der Waals surface area contributed by atoms with E-state index < -0.39 is 0 Å². The lowest BCUT2D eigenvalue weighted by Crippen LogP contribution is -3.00. The molecule has 0 unspecified atom stereocenters. The number of pyridine rings is 2. The van der Waals surface area contributed by atoms with Gasteiger partial charge < -0.3 is 24.0 Å². The van der Waals surface area contributed by atoms with Crippen molar-refractivity contribution in [2.75, 3.05) is 0 Å². The highest BCUT2D eigenvalue weighted by Gasteiger charge is 2.16. The number of fused-ring (bicyclic) bond motifs is 7. The Morgan fingerprint density at radius 2 is 1.65 bits per heavy atom. The van der Waals surface area contributed by atoms with E-state index in [0.29, 0.717) is 0 Å². The Kier molecular flexibility index (Phi) is 3.43. The normalized spacial score (nSPS) is 11.3. The molecule has 112 valence electrons. The zero-order valence-electron chi connectivity index (χ0n) is 12.1. The van der Waals surface area contributed by atoms with Crippen molar-refractivity contribution in [3.63, 3.8) is 0 Å². The zero-order chi connectivity index (χ0) is 14.7. The first-order valence-electron chi connectivity index (χ1n) is 7.24. The molecule has 5 aromatic rings. The average Bonchev–Trinajstić information content (AvgIpc) is 2.93. The first-order chi connectivity index (χ1) is 10.8. The Balaban J connectivity index is 0.00000135. The number of imidazole rings is 1. The molecule has 3 heterocycles. The minimum atomic E-state index is 0. The van der Waals surface area contributed by atoms with E-state index in [1.807, 2.05) is 12.1 Å². The average molecular weight is 431 g/mol. The summed E-state index contributed by atoms with van der Waals surface area (Å²) in [6.45, 7) is 0. The van der Waals surface area contributed by atoms with Crippen molar-refractivity contribution in [2.24, 2.45) is 0 Å². The van der Waals surface area contributed by atoms with Gasteiger partial charge in [0.15, 0.2) is 5.52 Å². The Hall–Kier alpha value is -1.85. The van der Waals surface area contributed by atoms with Crippen molar-refractivity contribution >= 4 is 44.6 Å². The van der Waals surface area contributed by atoms with E-state index in [1.54, 1.807) is 0 Å². The summed E-state index contributed by atoms with van der Waals surface area (Å²) in [5.74, 6) is 0. The van der Waals surface area contributed by atoms with Gasteiger partial charge in [-0.15, -0.1) is 0 Å². The number of nitrogens with zero attached hydrogens (tertiary/aromatic N) is 2. The topological polar surface area (TPSA) is 8.51 Å². The largest absolute Gasteiger partial charge is 1.00 e. The maximum atomic E-state index is 6.11. The maximum absolute atomic E-state index is 6.11. The molecule has 2 aromatic carbocycles. The second-order valence-corrected chi connectivity index (χ2v) is 5.98. The van der Waals surface area contributed by atoms with Gasteiger partial charge in [-0.05, 0) is 42.5 Å². The lowest BCUT2D eigenvalue weighted by atomic mass is 10.2. The third-order valence-electron chi connectivity index (χ3n) is 4.27. The van der Waals surface area contributed by atoms with Crippen molar-refractivity contribution in [3.8, 4) is 0 Å². The number of hydrogen-bond donors (Lipinski definition) is 0. The summed E-state index contributed by atoms with van der Waals surface area (Å²) in [5.41, 5.74) is 4.72. The summed E-state index contributed by atoms with van der Waals surface area (Å²) in [6.07, 6.45) is 2.18. The molecule has 5 rings (SSSR count). The van der Waals surface area contributed by atoms with Crippen LogP contribution in [0.5, 0.6) is 0 Å². The number of benzene rings is 2. The number of halogens is 2. The summed E-state index contributed by atoms with van der Waals surface area (Å²) in [6, 6.07) is 23.1. The van der Waals surface area contributed by atoms with Crippen LogP contribution in [0.1, 0.15) is 0 Å². The molecular weight excluding hydrogens is 419 g/mol. The molecule has 0 bridgehead atoms. The van der Waals surface area contributed by atoms with E-state index in [2.05, 4.69) is 69.6 Å². The Morgan fingerprint density at radius 1 is 0.826 bits per heavy atom. The summed E-state index contributed by atoms with van der Waals surface area (Å²) in [7, 11) is 0. The molecule has 0 spiro atoms. The van der Waals surface area contributed by atoms with Crippen LogP contribution in [0.15, 0.2) is 72.9 Å². The van der Waals surface area contributed by atoms with Crippen molar-refractivity contribution in [2.45, 2.75) is 0 Å².